The van der Waals surface area contributed by atoms with Gasteiger partial charge in [-0.15, -0.1) is 0 Å². The Kier molecular flexibility index (Phi) is 5.57. The summed E-state index contributed by atoms with van der Waals surface area (Å²) in [6.45, 7) is 0.347. The lowest BCUT2D eigenvalue weighted by Crippen LogP contribution is -2.29. The van der Waals surface area contributed by atoms with Gasteiger partial charge in [0.05, 0.1) is 11.9 Å². The predicted octanol–water partition coefficient (Wildman–Crippen LogP) is 3.10. The first-order valence-electron chi connectivity index (χ1n) is 9.15. The summed E-state index contributed by atoms with van der Waals surface area (Å²) in [7, 11) is 0. The lowest BCUT2D eigenvalue weighted by molar-refractivity contribution is -0.122. The number of aromatic nitrogens is 4. The first-order valence-corrected chi connectivity index (χ1v) is 9.53. The molecule has 2 aromatic heterocycles. The number of benzene rings is 1. The van der Waals surface area contributed by atoms with Crippen LogP contribution in [0.1, 0.15) is 18.4 Å². The molecule has 0 radical (unpaired) electrons. The Balaban J connectivity index is 1.35. The maximum Gasteiger partial charge on any atom is 0.241 e. The molecule has 1 amide bonds. The van der Waals surface area contributed by atoms with Crippen LogP contribution in [0.15, 0.2) is 42.9 Å². The normalized spacial score (nSPS) is 13.2. The zero-order chi connectivity index (χ0) is 20.2. The number of carbonyl (C=O) groups excluding carboxylic acids is 1. The smallest absolute Gasteiger partial charge is 0.241 e. The van der Waals surface area contributed by atoms with Crippen molar-refractivity contribution >= 4 is 35.0 Å². The van der Waals surface area contributed by atoms with Crippen molar-refractivity contribution in [3.63, 3.8) is 0 Å². The molecule has 0 saturated heterocycles. The second-order valence-electron chi connectivity index (χ2n) is 6.71. The van der Waals surface area contributed by atoms with E-state index in [9.17, 15) is 9.18 Å². The Labute approximate surface area is 171 Å². The highest BCUT2D eigenvalue weighted by Crippen LogP contribution is 2.21. The molecule has 10 heteroatoms. The lowest BCUT2D eigenvalue weighted by Gasteiger charge is -2.09. The molecule has 3 aromatic rings. The predicted molar refractivity (Wildman–Crippen MR) is 107 cm³/mol. The van der Waals surface area contributed by atoms with Crippen molar-refractivity contribution in [2.24, 2.45) is 0 Å². The van der Waals surface area contributed by atoms with Crippen LogP contribution in [0, 0.1) is 5.82 Å². The third kappa shape index (κ3) is 5.20. The minimum atomic E-state index is -0.379. The second-order valence-corrected chi connectivity index (χ2v) is 7.12. The number of halogens is 2. The van der Waals surface area contributed by atoms with Crippen LogP contribution in [-0.4, -0.2) is 31.7 Å². The Morgan fingerprint density at radius 3 is 2.97 bits per heavy atom. The summed E-state index contributed by atoms with van der Waals surface area (Å²) < 4.78 is 15.4. The Morgan fingerprint density at radius 2 is 2.17 bits per heavy atom. The molecule has 0 bridgehead atoms. The second kappa shape index (κ2) is 8.44. The maximum absolute atomic E-state index is 13.9. The van der Waals surface area contributed by atoms with Gasteiger partial charge in [0, 0.05) is 35.6 Å². The zero-order valence-corrected chi connectivity index (χ0v) is 16.2. The van der Waals surface area contributed by atoms with E-state index in [0.717, 1.165) is 12.8 Å². The molecule has 150 valence electrons. The van der Waals surface area contributed by atoms with Gasteiger partial charge in [0.1, 0.15) is 18.2 Å². The first kappa shape index (κ1) is 19.1. The standard InChI is InChI=1S/C19H19ClFN7O/c20-15-2-1-3-16(21)14(15)9-23-17-6-7-22-19(27-17)26-13-8-24-28(10-13)11-18(29)25-12-4-5-12/h1-3,6-8,10,12H,4-5,9,11H2,(H,25,29)(H2,22,23,26,27). The number of hydrogen-bond donors (Lipinski definition) is 3. The van der Waals surface area contributed by atoms with Gasteiger partial charge in [-0.1, -0.05) is 17.7 Å². The monoisotopic (exact) mass is 415 g/mol. The molecule has 0 spiro atoms. The number of nitrogens with one attached hydrogen (secondary N) is 3. The van der Waals surface area contributed by atoms with Crippen LogP contribution in [0.2, 0.25) is 5.02 Å². The van der Waals surface area contributed by atoms with Gasteiger partial charge in [0.15, 0.2) is 0 Å². The molecule has 0 atom stereocenters. The molecular weight excluding hydrogens is 397 g/mol. The average molecular weight is 416 g/mol. The molecule has 29 heavy (non-hydrogen) atoms. The number of nitrogens with zero attached hydrogens (tertiary/aromatic N) is 4. The molecule has 1 fully saturated rings. The summed E-state index contributed by atoms with van der Waals surface area (Å²) in [5, 5.41) is 13.5. The average Bonchev–Trinajstić information content (AvgIpc) is 3.39. The van der Waals surface area contributed by atoms with E-state index in [1.54, 1.807) is 41.5 Å². The summed E-state index contributed by atoms with van der Waals surface area (Å²) in [6, 6.07) is 6.55. The first-order chi connectivity index (χ1) is 14.1. The highest BCUT2D eigenvalue weighted by atomic mass is 35.5. The van der Waals surface area contributed by atoms with E-state index in [1.165, 1.54) is 6.07 Å². The summed E-state index contributed by atoms with van der Waals surface area (Å²) in [6.07, 6.45) is 6.96. The van der Waals surface area contributed by atoms with Gasteiger partial charge in [-0.2, -0.15) is 10.1 Å². The van der Waals surface area contributed by atoms with Crippen molar-refractivity contribution in [2.45, 2.75) is 32.0 Å². The molecule has 4 rings (SSSR count). The van der Waals surface area contributed by atoms with Crippen LogP contribution >= 0.6 is 11.6 Å². The molecule has 8 nitrogen and oxygen atoms in total. The van der Waals surface area contributed by atoms with Crippen LogP contribution in [-0.2, 0) is 17.9 Å². The van der Waals surface area contributed by atoms with E-state index >= 15 is 0 Å². The fraction of sp³-hybridized carbons (Fsp3) is 0.263. The third-order valence-corrected chi connectivity index (χ3v) is 4.66. The van der Waals surface area contributed by atoms with Crippen LogP contribution in [0.3, 0.4) is 0 Å². The highest BCUT2D eigenvalue weighted by molar-refractivity contribution is 6.31. The van der Waals surface area contributed by atoms with E-state index in [4.69, 9.17) is 11.6 Å². The minimum absolute atomic E-state index is 0.0589. The Morgan fingerprint density at radius 1 is 1.31 bits per heavy atom. The minimum Gasteiger partial charge on any atom is -0.366 e. The molecule has 0 aliphatic heterocycles. The number of amides is 1. The molecule has 1 saturated carbocycles. The van der Waals surface area contributed by atoms with Gasteiger partial charge >= 0.3 is 0 Å². The summed E-state index contributed by atoms with van der Waals surface area (Å²) in [5.74, 6) is 0.418. The zero-order valence-electron chi connectivity index (χ0n) is 15.4. The van der Waals surface area contributed by atoms with E-state index in [1.807, 2.05) is 0 Å². The summed E-state index contributed by atoms with van der Waals surface area (Å²) in [4.78, 5) is 20.4. The Hall–Kier alpha value is -3.20. The van der Waals surface area contributed by atoms with Gasteiger partial charge in [0.25, 0.3) is 0 Å². The lowest BCUT2D eigenvalue weighted by atomic mass is 10.2. The number of carbonyl (C=O) groups is 1. The van der Waals surface area contributed by atoms with Crippen LogP contribution < -0.4 is 16.0 Å². The number of hydrogen-bond acceptors (Lipinski definition) is 6. The molecule has 1 aliphatic rings. The number of anilines is 3. The SMILES string of the molecule is O=C(Cn1cc(Nc2nccc(NCc3c(F)cccc3Cl)n2)cn1)NC1CC1. The quantitative estimate of drug-likeness (QED) is 0.523. The van der Waals surface area contributed by atoms with Crippen molar-refractivity contribution in [2.75, 3.05) is 10.6 Å². The summed E-state index contributed by atoms with van der Waals surface area (Å²) >= 11 is 6.04. The van der Waals surface area contributed by atoms with Gasteiger partial charge in [-0.3, -0.25) is 9.48 Å². The molecule has 2 heterocycles. The van der Waals surface area contributed by atoms with E-state index in [2.05, 4.69) is 31.0 Å². The van der Waals surface area contributed by atoms with Crippen molar-refractivity contribution in [3.05, 3.63) is 59.3 Å². The fourth-order valence-electron chi connectivity index (χ4n) is 2.69. The topological polar surface area (TPSA) is 96.8 Å². The molecule has 0 unspecified atom stereocenters. The van der Waals surface area contributed by atoms with Gasteiger partial charge < -0.3 is 16.0 Å². The summed E-state index contributed by atoms with van der Waals surface area (Å²) in [5.41, 5.74) is 1.02. The largest absolute Gasteiger partial charge is 0.366 e. The van der Waals surface area contributed by atoms with Crippen LogP contribution in [0.4, 0.5) is 21.8 Å². The molecular formula is C19H19ClFN7O. The fourth-order valence-corrected chi connectivity index (χ4v) is 2.92. The van der Waals surface area contributed by atoms with Gasteiger partial charge in [-0.05, 0) is 31.0 Å². The Bertz CT molecular complexity index is 1000. The molecule has 1 aliphatic carbocycles. The molecule has 1 aromatic carbocycles. The molecule has 3 N–H and O–H groups in total. The third-order valence-electron chi connectivity index (χ3n) is 4.30. The van der Waals surface area contributed by atoms with E-state index in [0.29, 0.717) is 34.1 Å². The van der Waals surface area contributed by atoms with Crippen molar-refractivity contribution in [1.82, 2.24) is 25.1 Å². The van der Waals surface area contributed by atoms with Crippen molar-refractivity contribution in [1.29, 1.82) is 0 Å². The van der Waals surface area contributed by atoms with Gasteiger partial charge in [0.2, 0.25) is 11.9 Å². The van der Waals surface area contributed by atoms with E-state index in [-0.39, 0.29) is 24.8 Å². The van der Waals surface area contributed by atoms with Crippen molar-refractivity contribution in [3.8, 4) is 0 Å². The van der Waals surface area contributed by atoms with E-state index < -0.39 is 0 Å². The van der Waals surface area contributed by atoms with Crippen molar-refractivity contribution < 1.29 is 9.18 Å². The number of rotatable bonds is 8. The van der Waals surface area contributed by atoms with Crippen LogP contribution in [0.5, 0.6) is 0 Å². The maximum atomic E-state index is 13.9. The van der Waals surface area contributed by atoms with Gasteiger partial charge in [-0.25, -0.2) is 9.37 Å². The highest BCUT2D eigenvalue weighted by Gasteiger charge is 2.23. The van der Waals surface area contributed by atoms with Crippen LogP contribution in [0.25, 0.3) is 0 Å².